The third-order valence-corrected chi connectivity index (χ3v) is 3.73. The Morgan fingerprint density at radius 3 is 2.79 bits per heavy atom. The van der Waals surface area contributed by atoms with E-state index in [4.69, 9.17) is 9.84 Å². The highest BCUT2D eigenvalue weighted by molar-refractivity contribution is 7.14. The van der Waals surface area contributed by atoms with Crippen LogP contribution < -0.4 is 4.74 Å². The van der Waals surface area contributed by atoms with Crippen LogP contribution in [0.3, 0.4) is 0 Å². The SMILES string of the molecule is Cc1cc(OCc2cc(F)ccc2C)c(C(=O)O)s1. The van der Waals surface area contributed by atoms with Gasteiger partial charge in [0.2, 0.25) is 0 Å². The number of carboxylic acid groups (broad SMARTS) is 1. The van der Waals surface area contributed by atoms with Crippen LogP contribution in [0, 0.1) is 19.7 Å². The summed E-state index contributed by atoms with van der Waals surface area (Å²) in [5, 5.41) is 9.05. The first-order chi connectivity index (χ1) is 8.97. The fourth-order valence-electron chi connectivity index (χ4n) is 1.70. The summed E-state index contributed by atoms with van der Waals surface area (Å²) in [6.07, 6.45) is 0. The number of carbonyl (C=O) groups is 1. The normalized spacial score (nSPS) is 10.5. The lowest BCUT2D eigenvalue weighted by atomic mass is 10.1. The van der Waals surface area contributed by atoms with Crippen LogP contribution in [0.25, 0.3) is 0 Å². The van der Waals surface area contributed by atoms with Crippen molar-refractivity contribution in [2.45, 2.75) is 20.5 Å². The molecule has 2 aromatic rings. The van der Waals surface area contributed by atoms with E-state index in [2.05, 4.69) is 0 Å². The van der Waals surface area contributed by atoms with E-state index in [0.29, 0.717) is 11.3 Å². The molecule has 1 aromatic heterocycles. The second-order valence-corrected chi connectivity index (χ2v) is 5.47. The van der Waals surface area contributed by atoms with Crippen molar-refractivity contribution in [3.63, 3.8) is 0 Å². The molecule has 0 aliphatic heterocycles. The van der Waals surface area contributed by atoms with Gasteiger partial charge in [-0.2, -0.15) is 0 Å². The van der Waals surface area contributed by atoms with Crippen molar-refractivity contribution in [2.24, 2.45) is 0 Å². The zero-order valence-electron chi connectivity index (χ0n) is 10.6. The Morgan fingerprint density at radius 1 is 1.37 bits per heavy atom. The highest BCUT2D eigenvalue weighted by atomic mass is 32.1. The molecule has 0 amide bonds. The van der Waals surface area contributed by atoms with Crippen molar-refractivity contribution in [2.75, 3.05) is 0 Å². The van der Waals surface area contributed by atoms with Crippen LogP contribution in [-0.4, -0.2) is 11.1 Å². The summed E-state index contributed by atoms with van der Waals surface area (Å²) >= 11 is 1.17. The van der Waals surface area contributed by atoms with Crippen molar-refractivity contribution < 1.29 is 19.0 Å². The summed E-state index contributed by atoms with van der Waals surface area (Å²) < 4.78 is 18.6. The lowest BCUT2D eigenvalue weighted by Crippen LogP contribution is -2.01. The smallest absolute Gasteiger partial charge is 0.349 e. The third-order valence-electron chi connectivity index (χ3n) is 2.71. The van der Waals surface area contributed by atoms with Gasteiger partial charge in [0.1, 0.15) is 18.2 Å². The summed E-state index contributed by atoms with van der Waals surface area (Å²) in [7, 11) is 0. The van der Waals surface area contributed by atoms with Crippen LogP contribution in [0.4, 0.5) is 4.39 Å². The topological polar surface area (TPSA) is 46.5 Å². The molecule has 2 rings (SSSR count). The molecule has 1 aromatic carbocycles. The van der Waals surface area contributed by atoms with E-state index in [1.54, 1.807) is 12.1 Å². The van der Waals surface area contributed by atoms with Gasteiger partial charge in [0.25, 0.3) is 0 Å². The number of hydrogen-bond donors (Lipinski definition) is 1. The van der Waals surface area contributed by atoms with E-state index < -0.39 is 5.97 Å². The molecule has 0 bridgehead atoms. The molecule has 0 aliphatic carbocycles. The molecule has 0 spiro atoms. The van der Waals surface area contributed by atoms with Crippen LogP contribution in [0.5, 0.6) is 5.75 Å². The molecule has 100 valence electrons. The maximum atomic E-state index is 13.1. The van der Waals surface area contributed by atoms with Gasteiger partial charge in [-0.15, -0.1) is 11.3 Å². The molecule has 0 fully saturated rings. The predicted molar refractivity (Wildman–Crippen MR) is 71.5 cm³/mol. The molecule has 1 N–H and O–H groups in total. The van der Waals surface area contributed by atoms with Crippen LogP contribution in [0.2, 0.25) is 0 Å². The number of aryl methyl sites for hydroxylation is 2. The van der Waals surface area contributed by atoms with Gasteiger partial charge in [0.05, 0.1) is 0 Å². The maximum Gasteiger partial charge on any atom is 0.349 e. The number of rotatable bonds is 4. The number of ether oxygens (including phenoxy) is 1. The zero-order chi connectivity index (χ0) is 14.0. The Labute approximate surface area is 114 Å². The number of halogens is 1. The number of carboxylic acids is 1. The van der Waals surface area contributed by atoms with Crippen molar-refractivity contribution in [1.82, 2.24) is 0 Å². The third kappa shape index (κ3) is 3.12. The Morgan fingerprint density at radius 2 is 2.11 bits per heavy atom. The van der Waals surface area contributed by atoms with Gasteiger partial charge in [-0.25, -0.2) is 9.18 Å². The molecule has 3 nitrogen and oxygen atoms in total. The van der Waals surface area contributed by atoms with Crippen LogP contribution in [0.1, 0.15) is 25.7 Å². The molecule has 0 saturated heterocycles. The summed E-state index contributed by atoms with van der Waals surface area (Å²) in [5.41, 5.74) is 1.62. The molecule has 5 heteroatoms. The monoisotopic (exact) mass is 280 g/mol. The van der Waals surface area contributed by atoms with E-state index in [-0.39, 0.29) is 17.3 Å². The average Bonchev–Trinajstić information content (AvgIpc) is 2.72. The first-order valence-corrected chi connectivity index (χ1v) is 6.50. The molecule has 0 saturated carbocycles. The molecule has 0 atom stereocenters. The summed E-state index contributed by atoms with van der Waals surface area (Å²) in [6, 6.07) is 6.14. The van der Waals surface area contributed by atoms with Crippen molar-refractivity contribution >= 4 is 17.3 Å². The fraction of sp³-hybridized carbons (Fsp3) is 0.214. The van der Waals surface area contributed by atoms with Gasteiger partial charge < -0.3 is 9.84 Å². The molecule has 0 unspecified atom stereocenters. The summed E-state index contributed by atoms with van der Waals surface area (Å²) in [6.45, 7) is 3.83. The number of benzene rings is 1. The van der Waals surface area contributed by atoms with Gasteiger partial charge in [-0.05, 0) is 43.2 Å². The van der Waals surface area contributed by atoms with Gasteiger partial charge in [-0.3, -0.25) is 0 Å². The quantitative estimate of drug-likeness (QED) is 0.927. The molecule has 0 aliphatic rings. The highest BCUT2D eigenvalue weighted by Crippen LogP contribution is 2.29. The Balaban J connectivity index is 2.19. The van der Waals surface area contributed by atoms with Gasteiger partial charge >= 0.3 is 5.97 Å². The highest BCUT2D eigenvalue weighted by Gasteiger charge is 2.15. The van der Waals surface area contributed by atoms with E-state index >= 15 is 0 Å². The van der Waals surface area contributed by atoms with Gasteiger partial charge in [-0.1, -0.05) is 6.07 Å². The Bertz CT molecular complexity index is 619. The Kier molecular flexibility index (Phi) is 3.85. The molecular weight excluding hydrogens is 267 g/mol. The lowest BCUT2D eigenvalue weighted by Gasteiger charge is -2.08. The van der Waals surface area contributed by atoms with Crippen LogP contribution in [-0.2, 0) is 6.61 Å². The standard InChI is InChI=1S/C14H13FO3S/c1-8-3-4-11(15)6-10(8)7-18-12-5-9(2)19-13(12)14(16)17/h3-6H,7H2,1-2H3,(H,16,17). The van der Waals surface area contributed by atoms with Crippen molar-refractivity contribution in [3.8, 4) is 5.75 Å². The van der Waals surface area contributed by atoms with Crippen molar-refractivity contribution in [3.05, 3.63) is 51.0 Å². The summed E-state index contributed by atoms with van der Waals surface area (Å²) in [4.78, 5) is 12.1. The van der Waals surface area contributed by atoms with Crippen LogP contribution >= 0.6 is 11.3 Å². The predicted octanol–water partition coefficient (Wildman–Crippen LogP) is 3.78. The average molecular weight is 280 g/mol. The minimum absolute atomic E-state index is 0.153. The van der Waals surface area contributed by atoms with E-state index in [9.17, 15) is 9.18 Å². The molecule has 19 heavy (non-hydrogen) atoms. The summed E-state index contributed by atoms with van der Waals surface area (Å²) in [5.74, 6) is -1.01. The molecular formula is C14H13FO3S. The lowest BCUT2D eigenvalue weighted by molar-refractivity contribution is 0.0697. The molecule has 0 radical (unpaired) electrons. The number of aromatic carboxylic acids is 1. The Hall–Kier alpha value is -1.88. The van der Waals surface area contributed by atoms with Crippen molar-refractivity contribution in [1.29, 1.82) is 0 Å². The second-order valence-electron chi connectivity index (χ2n) is 4.22. The van der Waals surface area contributed by atoms with Gasteiger partial charge in [0.15, 0.2) is 4.88 Å². The number of hydrogen-bond acceptors (Lipinski definition) is 3. The minimum atomic E-state index is -1.01. The van der Waals surface area contributed by atoms with Crippen LogP contribution in [0.15, 0.2) is 24.3 Å². The van der Waals surface area contributed by atoms with E-state index in [1.165, 1.54) is 23.5 Å². The number of thiophene rings is 1. The fourth-order valence-corrected chi connectivity index (χ4v) is 2.49. The second kappa shape index (κ2) is 5.40. The largest absolute Gasteiger partial charge is 0.487 e. The minimum Gasteiger partial charge on any atom is -0.487 e. The van der Waals surface area contributed by atoms with Gasteiger partial charge in [0, 0.05) is 4.88 Å². The first kappa shape index (κ1) is 13.5. The maximum absolute atomic E-state index is 13.1. The zero-order valence-corrected chi connectivity index (χ0v) is 11.4. The van der Waals surface area contributed by atoms with E-state index in [1.807, 2.05) is 13.8 Å². The van der Waals surface area contributed by atoms with E-state index in [0.717, 1.165) is 10.4 Å². The molecule has 1 heterocycles. The first-order valence-electron chi connectivity index (χ1n) is 5.69.